The summed E-state index contributed by atoms with van der Waals surface area (Å²) in [6.07, 6.45) is 2.12. The summed E-state index contributed by atoms with van der Waals surface area (Å²) in [5.74, 6) is 0. The van der Waals surface area contributed by atoms with E-state index in [0.29, 0.717) is 6.54 Å². The summed E-state index contributed by atoms with van der Waals surface area (Å²) in [7, 11) is 0. The second kappa shape index (κ2) is 5.04. The van der Waals surface area contributed by atoms with Crippen molar-refractivity contribution in [3.8, 4) is 0 Å². The van der Waals surface area contributed by atoms with E-state index >= 15 is 0 Å². The summed E-state index contributed by atoms with van der Waals surface area (Å²) >= 11 is 6.23. The van der Waals surface area contributed by atoms with Gasteiger partial charge in [0.25, 0.3) is 0 Å². The fraction of sp³-hybridized carbons (Fsp3) is 0.500. The molecule has 1 atom stereocenters. The molecule has 2 rings (SSSR count). The SMILES string of the molecule is NCc1cccc(Cl)c1N1CCCC1CO. The molecule has 1 fully saturated rings. The van der Waals surface area contributed by atoms with Crippen LogP contribution in [0.5, 0.6) is 0 Å². The molecule has 0 saturated carbocycles. The highest BCUT2D eigenvalue weighted by Gasteiger charge is 2.26. The molecule has 3 N–H and O–H groups in total. The Hall–Kier alpha value is -0.770. The van der Waals surface area contributed by atoms with Gasteiger partial charge in [-0.3, -0.25) is 0 Å². The van der Waals surface area contributed by atoms with Crippen molar-refractivity contribution in [2.24, 2.45) is 5.73 Å². The molecule has 0 amide bonds. The lowest BCUT2D eigenvalue weighted by Gasteiger charge is -2.28. The summed E-state index contributed by atoms with van der Waals surface area (Å²) in [6.45, 7) is 1.60. The van der Waals surface area contributed by atoms with Crippen LogP contribution in [-0.4, -0.2) is 24.3 Å². The summed E-state index contributed by atoms with van der Waals surface area (Å²) < 4.78 is 0. The lowest BCUT2D eigenvalue weighted by Crippen LogP contribution is -2.33. The number of aliphatic hydroxyl groups excluding tert-OH is 1. The molecular weight excluding hydrogens is 224 g/mol. The van der Waals surface area contributed by atoms with Gasteiger partial charge in [-0.25, -0.2) is 0 Å². The number of aliphatic hydroxyl groups is 1. The summed E-state index contributed by atoms with van der Waals surface area (Å²) in [5.41, 5.74) is 7.78. The molecule has 1 aliphatic heterocycles. The van der Waals surface area contributed by atoms with Gasteiger partial charge in [-0.1, -0.05) is 23.7 Å². The number of hydrogen-bond acceptors (Lipinski definition) is 3. The average Bonchev–Trinajstić information content (AvgIpc) is 2.76. The van der Waals surface area contributed by atoms with Crippen LogP contribution in [0, 0.1) is 0 Å². The van der Waals surface area contributed by atoms with E-state index in [1.807, 2.05) is 18.2 Å². The number of hydrogen-bond donors (Lipinski definition) is 2. The lowest BCUT2D eigenvalue weighted by atomic mass is 10.1. The van der Waals surface area contributed by atoms with Crippen molar-refractivity contribution in [3.63, 3.8) is 0 Å². The summed E-state index contributed by atoms with van der Waals surface area (Å²) in [5, 5.41) is 10.1. The van der Waals surface area contributed by atoms with Crippen molar-refractivity contribution in [2.75, 3.05) is 18.1 Å². The van der Waals surface area contributed by atoms with Gasteiger partial charge in [-0.05, 0) is 24.5 Å². The molecule has 1 heterocycles. The zero-order valence-electron chi connectivity index (χ0n) is 9.19. The molecule has 1 aliphatic rings. The maximum absolute atomic E-state index is 9.34. The Labute approximate surface area is 101 Å². The molecule has 16 heavy (non-hydrogen) atoms. The molecule has 4 heteroatoms. The van der Waals surface area contributed by atoms with Gasteiger partial charge in [0.05, 0.1) is 23.4 Å². The minimum Gasteiger partial charge on any atom is -0.394 e. The van der Waals surface area contributed by atoms with Crippen LogP contribution in [0.4, 0.5) is 5.69 Å². The lowest BCUT2D eigenvalue weighted by molar-refractivity contribution is 0.266. The Morgan fingerprint density at radius 1 is 1.50 bits per heavy atom. The third-order valence-electron chi connectivity index (χ3n) is 3.17. The molecule has 1 unspecified atom stereocenters. The first-order valence-corrected chi connectivity index (χ1v) is 6.00. The van der Waals surface area contributed by atoms with Crippen LogP contribution < -0.4 is 10.6 Å². The van der Waals surface area contributed by atoms with Gasteiger partial charge in [0.1, 0.15) is 0 Å². The molecule has 0 bridgehead atoms. The highest BCUT2D eigenvalue weighted by molar-refractivity contribution is 6.33. The Morgan fingerprint density at radius 2 is 2.31 bits per heavy atom. The highest BCUT2D eigenvalue weighted by atomic mass is 35.5. The summed E-state index contributed by atoms with van der Waals surface area (Å²) in [6, 6.07) is 5.97. The quantitative estimate of drug-likeness (QED) is 0.847. The van der Waals surface area contributed by atoms with Gasteiger partial charge in [0.15, 0.2) is 0 Å². The van der Waals surface area contributed by atoms with Crippen molar-refractivity contribution in [2.45, 2.75) is 25.4 Å². The largest absolute Gasteiger partial charge is 0.394 e. The zero-order valence-corrected chi connectivity index (χ0v) is 9.95. The van der Waals surface area contributed by atoms with E-state index in [1.54, 1.807) is 0 Å². The Morgan fingerprint density at radius 3 is 3.00 bits per heavy atom. The minimum atomic E-state index is 0.176. The number of anilines is 1. The van der Waals surface area contributed by atoms with Gasteiger partial charge in [0.2, 0.25) is 0 Å². The molecule has 1 aromatic rings. The predicted octanol–water partition coefficient (Wildman–Crippen LogP) is 1.76. The number of nitrogens with zero attached hydrogens (tertiary/aromatic N) is 1. The Balaban J connectivity index is 2.38. The third kappa shape index (κ3) is 2.03. The van der Waals surface area contributed by atoms with Crippen molar-refractivity contribution < 1.29 is 5.11 Å². The molecule has 0 radical (unpaired) electrons. The first-order valence-electron chi connectivity index (χ1n) is 5.63. The Bertz CT molecular complexity index is 370. The van der Waals surface area contributed by atoms with Crippen molar-refractivity contribution >= 4 is 17.3 Å². The van der Waals surface area contributed by atoms with Crippen LogP contribution in [0.25, 0.3) is 0 Å². The van der Waals surface area contributed by atoms with Crippen LogP contribution in [0.2, 0.25) is 5.02 Å². The molecule has 3 nitrogen and oxygen atoms in total. The maximum Gasteiger partial charge on any atom is 0.0643 e. The van der Waals surface area contributed by atoms with Crippen LogP contribution in [0.15, 0.2) is 18.2 Å². The average molecular weight is 241 g/mol. The molecule has 1 aromatic carbocycles. The Kier molecular flexibility index (Phi) is 3.69. The molecule has 88 valence electrons. The molecule has 0 aliphatic carbocycles. The maximum atomic E-state index is 9.34. The van der Waals surface area contributed by atoms with E-state index < -0.39 is 0 Å². The van der Waals surface area contributed by atoms with Gasteiger partial charge in [0, 0.05) is 13.1 Å². The van der Waals surface area contributed by atoms with E-state index in [2.05, 4.69) is 4.90 Å². The number of para-hydroxylation sites is 1. The highest BCUT2D eigenvalue weighted by Crippen LogP contribution is 2.34. The van der Waals surface area contributed by atoms with E-state index in [0.717, 1.165) is 35.7 Å². The number of benzene rings is 1. The van der Waals surface area contributed by atoms with E-state index in [1.165, 1.54) is 0 Å². The fourth-order valence-corrected chi connectivity index (χ4v) is 2.67. The second-order valence-corrected chi connectivity index (χ2v) is 4.53. The van der Waals surface area contributed by atoms with Gasteiger partial charge in [-0.15, -0.1) is 0 Å². The zero-order chi connectivity index (χ0) is 11.5. The van der Waals surface area contributed by atoms with Crippen molar-refractivity contribution in [3.05, 3.63) is 28.8 Å². The monoisotopic (exact) mass is 240 g/mol. The second-order valence-electron chi connectivity index (χ2n) is 4.12. The first kappa shape index (κ1) is 11.7. The summed E-state index contributed by atoms with van der Waals surface area (Å²) in [4.78, 5) is 2.19. The molecule has 0 spiro atoms. The van der Waals surface area contributed by atoms with E-state index in [9.17, 15) is 5.11 Å². The van der Waals surface area contributed by atoms with Crippen LogP contribution >= 0.6 is 11.6 Å². The number of halogens is 1. The smallest absolute Gasteiger partial charge is 0.0643 e. The fourth-order valence-electron chi connectivity index (χ4n) is 2.37. The van der Waals surface area contributed by atoms with E-state index in [-0.39, 0.29) is 12.6 Å². The van der Waals surface area contributed by atoms with E-state index in [4.69, 9.17) is 17.3 Å². The van der Waals surface area contributed by atoms with Crippen LogP contribution in [0.1, 0.15) is 18.4 Å². The predicted molar refractivity (Wildman–Crippen MR) is 66.8 cm³/mol. The van der Waals surface area contributed by atoms with Gasteiger partial charge < -0.3 is 15.7 Å². The number of nitrogens with two attached hydrogens (primary N) is 1. The van der Waals surface area contributed by atoms with Crippen molar-refractivity contribution in [1.29, 1.82) is 0 Å². The minimum absolute atomic E-state index is 0.176. The van der Waals surface area contributed by atoms with Gasteiger partial charge >= 0.3 is 0 Å². The molecule has 0 aromatic heterocycles. The standard InChI is InChI=1S/C12H17ClN2O/c13-11-5-1-3-9(7-14)12(11)15-6-2-4-10(15)8-16/h1,3,5,10,16H,2,4,6-8,14H2. The first-order chi connectivity index (χ1) is 7.77. The molecular formula is C12H17ClN2O. The van der Waals surface area contributed by atoms with Crippen LogP contribution in [-0.2, 0) is 6.54 Å². The van der Waals surface area contributed by atoms with Gasteiger partial charge in [-0.2, -0.15) is 0 Å². The van der Waals surface area contributed by atoms with Crippen molar-refractivity contribution in [1.82, 2.24) is 0 Å². The number of rotatable bonds is 3. The normalized spacial score (nSPS) is 20.4. The molecule has 1 saturated heterocycles. The third-order valence-corrected chi connectivity index (χ3v) is 3.47. The van der Waals surface area contributed by atoms with Crippen LogP contribution in [0.3, 0.4) is 0 Å². The topological polar surface area (TPSA) is 49.5 Å².